The van der Waals surface area contributed by atoms with Crippen molar-refractivity contribution in [2.75, 3.05) is 25.1 Å². The minimum atomic E-state index is -1.67. The summed E-state index contributed by atoms with van der Waals surface area (Å²) in [7, 11) is 1.94. The maximum absolute atomic E-state index is 11.9. The number of thioether (sulfide) groups is 1. The van der Waals surface area contributed by atoms with Gasteiger partial charge in [0.05, 0.1) is 13.1 Å². The molecule has 1 atom stereocenters. The van der Waals surface area contributed by atoms with E-state index in [9.17, 15) is 9.59 Å². The van der Waals surface area contributed by atoms with E-state index < -0.39 is 16.4 Å². The van der Waals surface area contributed by atoms with Crippen molar-refractivity contribution < 1.29 is 17.1 Å². The Labute approximate surface area is 153 Å². The largest absolute Gasteiger partial charge is 0.492 e. The number of hydrogen-bond donors (Lipinski definition) is 1. The van der Waals surface area contributed by atoms with Crippen LogP contribution >= 0.6 is 11.8 Å². The predicted molar refractivity (Wildman–Crippen MR) is 98.1 cm³/mol. The van der Waals surface area contributed by atoms with Crippen molar-refractivity contribution in [2.24, 2.45) is 0 Å². The molecule has 1 unspecified atom stereocenters. The maximum Gasteiger partial charge on any atom is 0.286 e. The minimum absolute atomic E-state index is 0.0559. The Morgan fingerprint density at radius 3 is 2.76 bits per heavy atom. The van der Waals surface area contributed by atoms with Gasteiger partial charge in [0.1, 0.15) is 18.2 Å². The topological polar surface area (TPSA) is 71.5 Å². The van der Waals surface area contributed by atoms with Crippen LogP contribution in [0.25, 0.3) is 0 Å². The van der Waals surface area contributed by atoms with Gasteiger partial charge in [0.15, 0.2) is 1.41 Å². The first kappa shape index (κ1) is 14.8. The number of likely N-dealkylation sites (N-methyl/N-ethyl adjacent to an activating group) is 1. The van der Waals surface area contributed by atoms with Crippen LogP contribution in [-0.4, -0.2) is 41.6 Å². The molecule has 2 amide bonds. The van der Waals surface area contributed by atoms with Gasteiger partial charge in [-0.2, -0.15) is 0 Å². The maximum atomic E-state index is 11.9. The van der Waals surface area contributed by atoms with E-state index in [4.69, 9.17) is 7.52 Å². The number of ether oxygens (including phenoxy) is 1. The zero-order chi connectivity index (χ0) is 19.4. The molecule has 130 valence electrons. The third kappa shape index (κ3) is 4.73. The highest BCUT2D eigenvalue weighted by Crippen LogP contribution is 2.23. The van der Waals surface area contributed by atoms with E-state index in [0.29, 0.717) is 30.7 Å². The Morgan fingerprint density at radius 2 is 2.12 bits per heavy atom. The summed E-state index contributed by atoms with van der Waals surface area (Å²) < 4.78 is 21.2. The predicted octanol–water partition coefficient (Wildman–Crippen LogP) is 2.49. The third-order valence-corrected chi connectivity index (χ3v) is 4.50. The van der Waals surface area contributed by atoms with Crippen LogP contribution in [0.3, 0.4) is 0 Å². The van der Waals surface area contributed by atoms with Gasteiger partial charge in [0.25, 0.3) is 5.24 Å². The Bertz CT molecular complexity index is 822. The van der Waals surface area contributed by atoms with Crippen molar-refractivity contribution >= 4 is 28.7 Å². The number of carbonyl (C=O) groups excluding carboxylic acids is 2. The number of pyridine rings is 1. The highest BCUT2D eigenvalue weighted by atomic mass is 32.2. The molecule has 0 radical (unpaired) electrons. The summed E-state index contributed by atoms with van der Waals surface area (Å²) in [6, 6.07) is 12.8. The first-order chi connectivity index (χ1) is 12.9. The van der Waals surface area contributed by atoms with Crippen LogP contribution < -0.4 is 14.9 Å². The Morgan fingerprint density at radius 1 is 1.32 bits per heavy atom. The number of nitrogens with one attached hydrogen (secondary N) is 1. The summed E-state index contributed by atoms with van der Waals surface area (Å²) in [5.74, 6) is 0.736. The van der Waals surface area contributed by atoms with Gasteiger partial charge >= 0.3 is 0 Å². The number of carbonyl (C=O) groups is 2. The quantitative estimate of drug-likeness (QED) is 0.819. The number of hydrogen-bond acceptors (Lipinski definition) is 6. The number of rotatable bonds is 7. The molecule has 1 aliphatic heterocycles. The highest BCUT2D eigenvalue weighted by Gasteiger charge is 2.31. The number of benzene rings is 1. The summed E-state index contributed by atoms with van der Waals surface area (Å²) in [6.45, 7) is 1.15. The summed E-state index contributed by atoms with van der Waals surface area (Å²) in [6.07, 6.45) is 1.80. The number of imide groups is 1. The average molecular weight is 359 g/mol. The van der Waals surface area contributed by atoms with Crippen molar-refractivity contribution in [3.05, 3.63) is 54.2 Å². The summed E-state index contributed by atoms with van der Waals surface area (Å²) in [4.78, 5) is 29.6. The normalized spacial score (nSPS) is 21.1. The molecule has 1 fully saturated rings. The molecule has 2 heterocycles. The second kappa shape index (κ2) is 8.02. The first-order valence-electron chi connectivity index (χ1n) is 8.74. The second-order valence-electron chi connectivity index (χ2n) is 5.49. The SMILES string of the molecule is [2H]N1C(=O)SC([2H])(Cc2ccc(OCCN(C)c3ccccn3)cc2)C1=O. The Balaban J connectivity index is 1.52. The van der Waals surface area contributed by atoms with E-state index in [1.165, 1.54) is 0 Å². The zero-order valence-electron chi connectivity index (χ0n) is 15.7. The molecule has 1 saturated heterocycles. The monoisotopic (exact) mass is 359 g/mol. The molecule has 1 aromatic heterocycles. The first-order valence-corrected chi connectivity index (χ1v) is 8.61. The number of anilines is 1. The smallest absolute Gasteiger partial charge is 0.286 e. The molecule has 3 rings (SSSR count). The molecule has 2 aromatic rings. The van der Waals surface area contributed by atoms with E-state index >= 15 is 0 Å². The number of aromatic nitrogens is 1. The summed E-state index contributed by atoms with van der Waals surface area (Å²) >= 11 is 0.572. The molecule has 7 heteroatoms. The van der Waals surface area contributed by atoms with Gasteiger partial charge in [-0.05, 0) is 36.2 Å². The van der Waals surface area contributed by atoms with Gasteiger partial charge in [0, 0.05) is 13.2 Å². The second-order valence-corrected chi connectivity index (χ2v) is 6.53. The summed E-state index contributed by atoms with van der Waals surface area (Å²) in [5, 5.41) is -2.13. The van der Waals surface area contributed by atoms with Gasteiger partial charge in [-0.3, -0.25) is 14.9 Å². The molecular formula is C18H19N3O3S. The van der Waals surface area contributed by atoms with Crippen LogP contribution in [0, 0.1) is 0 Å². The van der Waals surface area contributed by atoms with Crippen LogP contribution in [0.15, 0.2) is 48.7 Å². The number of amides is 2. The van der Waals surface area contributed by atoms with Crippen LogP contribution in [0.5, 0.6) is 5.75 Å². The lowest BCUT2D eigenvalue weighted by atomic mass is 10.1. The minimum Gasteiger partial charge on any atom is -0.492 e. The molecule has 1 aliphatic rings. The Hall–Kier alpha value is -2.54. The lowest BCUT2D eigenvalue weighted by Gasteiger charge is -2.18. The fourth-order valence-electron chi connectivity index (χ4n) is 2.31. The van der Waals surface area contributed by atoms with Crippen LogP contribution in [0.4, 0.5) is 10.6 Å². The van der Waals surface area contributed by atoms with Crippen molar-refractivity contribution in [3.8, 4) is 5.75 Å². The third-order valence-electron chi connectivity index (χ3n) is 3.67. The van der Waals surface area contributed by atoms with E-state index in [0.717, 1.165) is 11.4 Å². The van der Waals surface area contributed by atoms with Gasteiger partial charge in [-0.25, -0.2) is 4.98 Å². The highest BCUT2D eigenvalue weighted by molar-refractivity contribution is 8.15. The molecule has 0 spiro atoms. The van der Waals surface area contributed by atoms with Crippen molar-refractivity contribution in [3.63, 3.8) is 0 Å². The molecule has 0 aliphatic carbocycles. The van der Waals surface area contributed by atoms with Gasteiger partial charge in [0.2, 0.25) is 5.91 Å². The van der Waals surface area contributed by atoms with Crippen LogP contribution in [-0.2, 0) is 11.2 Å². The van der Waals surface area contributed by atoms with Crippen molar-refractivity contribution in [1.29, 1.82) is 0 Å². The average Bonchev–Trinajstić information content (AvgIpc) is 2.86. The standard InChI is InChI=1S/C18H19N3O3S/c1-21(16-4-2-3-9-19-16)10-11-24-14-7-5-13(6-8-14)12-15-17(22)20-18(23)25-15/h2-9,15H,10-12H2,1H3,(H,20,22,23)/i15D/hD. The van der Waals surface area contributed by atoms with E-state index in [-0.39, 0.29) is 11.7 Å². The van der Waals surface area contributed by atoms with Gasteiger partial charge < -0.3 is 9.64 Å². The van der Waals surface area contributed by atoms with E-state index in [2.05, 4.69) is 4.98 Å². The van der Waals surface area contributed by atoms with Crippen LogP contribution in [0.1, 0.15) is 6.93 Å². The summed E-state index contributed by atoms with van der Waals surface area (Å²) in [5.41, 5.74) is 0.729. The molecular weight excluding hydrogens is 338 g/mol. The molecule has 0 saturated carbocycles. The fourth-order valence-corrected chi connectivity index (χ4v) is 3.02. The fraction of sp³-hybridized carbons (Fsp3) is 0.278. The van der Waals surface area contributed by atoms with Gasteiger partial charge in [-0.1, -0.05) is 30.0 Å². The molecule has 25 heavy (non-hydrogen) atoms. The Kier molecular flexibility index (Phi) is 4.74. The van der Waals surface area contributed by atoms with Crippen LogP contribution in [0.2, 0.25) is 1.41 Å². The lowest BCUT2D eigenvalue weighted by Crippen LogP contribution is -2.25. The van der Waals surface area contributed by atoms with E-state index in [1.54, 1.807) is 30.5 Å². The molecule has 0 bridgehead atoms. The molecule has 1 aromatic carbocycles. The molecule has 1 N–H and O–H groups in total. The van der Waals surface area contributed by atoms with Crippen molar-refractivity contribution in [1.82, 2.24) is 10.3 Å². The lowest BCUT2D eigenvalue weighted by molar-refractivity contribution is -0.118. The number of nitrogens with zero attached hydrogens (tertiary/aromatic N) is 2. The molecule has 6 nitrogen and oxygen atoms in total. The van der Waals surface area contributed by atoms with Crippen molar-refractivity contribution in [2.45, 2.75) is 11.6 Å². The van der Waals surface area contributed by atoms with E-state index in [1.807, 2.05) is 30.1 Å². The zero-order valence-corrected chi connectivity index (χ0v) is 14.5. The van der Waals surface area contributed by atoms with Gasteiger partial charge in [-0.15, -0.1) is 0 Å².